The van der Waals surface area contributed by atoms with Crippen LogP contribution in [-0.4, -0.2) is 45.9 Å². The second-order valence-electron chi connectivity index (χ2n) is 11.7. The molecule has 3 atom stereocenters. The van der Waals surface area contributed by atoms with Gasteiger partial charge >= 0.3 is 13.7 Å². The largest absolute Gasteiger partial charge is 0.462 e. The summed E-state index contributed by atoms with van der Waals surface area (Å²) in [6.45, 7) is 10.0. The summed E-state index contributed by atoms with van der Waals surface area (Å²) < 4.78 is 39.8. The van der Waals surface area contributed by atoms with Gasteiger partial charge in [-0.3, -0.25) is 9.32 Å². The molecule has 47 heavy (non-hydrogen) atoms. The van der Waals surface area contributed by atoms with Crippen molar-refractivity contribution < 1.29 is 27.9 Å². The Morgan fingerprint density at radius 2 is 1.72 bits per heavy atom. The van der Waals surface area contributed by atoms with E-state index in [2.05, 4.69) is 21.6 Å². The first-order valence-corrected chi connectivity index (χ1v) is 17.7. The number of hydrogen-bond acceptors (Lipinski definition) is 9. The van der Waals surface area contributed by atoms with Crippen LogP contribution >= 0.6 is 7.75 Å². The highest BCUT2D eigenvalue weighted by Crippen LogP contribution is 2.46. The number of hydrogen-bond donors (Lipinski definition) is 2. The lowest BCUT2D eigenvalue weighted by Crippen LogP contribution is -2.36. The molecule has 2 heterocycles. The molecular formula is C35H44N5O6P. The van der Waals surface area contributed by atoms with Crippen LogP contribution in [0.3, 0.4) is 0 Å². The van der Waals surface area contributed by atoms with Crippen LogP contribution in [0.5, 0.6) is 5.75 Å². The van der Waals surface area contributed by atoms with E-state index in [1.165, 1.54) is 0 Å². The summed E-state index contributed by atoms with van der Waals surface area (Å²) in [7, 11) is -4.08. The van der Waals surface area contributed by atoms with Crippen LogP contribution < -0.4 is 15.3 Å². The van der Waals surface area contributed by atoms with Crippen LogP contribution in [-0.2, 0) is 30.0 Å². The maximum absolute atomic E-state index is 14.4. The van der Waals surface area contributed by atoms with Crippen LogP contribution in [0, 0.1) is 0 Å². The number of pyridine rings is 1. The topological polar surface area (TPSA) is 140 Å². The number of nitrogens with zero attached hydrogens (tertiary/aromatic N) is 3. The number of ether oxygens (including phenoxy) is 2. The van der Waals surface area contributed by atoms with Crippen LogP contribution in [0.2, 0.25) is 0 Å². The number of fused-ring (bicyclic) bond motifs is 4. The van der Waals surface area contributed by atoms with Crippen molar-refractivity contribution in [3.63, 3.8) is 0 Å². The predicted molar refractivity (Wildman–Crippen MR) is 185 cm³/mol. The number of nitrogen functional groups attached to an aromatic ring is 1. The van der Waals surface area contributed by atoms with Crippen molar-refractivity contribution in [2.45, 2.75) is 78.7 Å². The number of anilines is 1. The molecule has 11 nitrogen and oxygen atoms in total. The number of aromatic nitrogens is 3. The third-order valence-electron chi connectivity index (χ3n) is 7.77. The molecule has 12 heteroatoms. The van der Waals surface area contributed by atoms with Gasteiger partial charge in [-0.05, 0) is 69.5 Å². The zero-order chi connectivity index (χ0) is 33.6. The van der Waals surface area contributed by atoms with Crippen molar-refractivity contribution >= 4 is 52.2 Å². The number of nitrogens with two attached hydrogens (primary N) is 1. The fourth-order valence-electron chi connectivity index (χ4n) is 5.68. The van der Waals surface area contributed by atoms with Gasteiger partial charge in [0.25, 0.3) is 0 Å². The highest BCUT2D eigenvalue weighted by molar-refractivity contribution is 7.52. The van der Waals surface area contributed by atoms with Crippen LogP contribution in [0.15, 0.2) is 66.7 Å². The van der Waals surface area contributed by atoms with Crippen molar-refractivity contribution in [3.8, 4) is 5.75 Å². The Labute approximate surface area is 275 Å². The number of rotatable bonds is 16. The minimum atomic E-state index is -4.08. The van der Waals surface area contributed by atoms with Gasteiger partial charge in [-0.1, -0.05) is 61.9 Å². The molecule has 0 aliphatic heterocycles. The van der Waals surface area contributed by atoms with E-state index in [9.17, 15) is 9.36 Å². The Morgan fingerprint density at radius 1 is 0.979 bits per heavy atom. The lowest BCUT2D eigenvalue weighted by molar-refractivity contribution is -0.149. The van der Waals surface area contributed by atoms with Gasteiger partial charge in [0.15, 0.2) is 5.82 Å². The number of imidazole rings is 1. The third-order valence-corrected chi connectivity index (χ3v) is 9.44. The summed E-state index contributed by atoms with van der Waals surface area (Å²) in [5.74, 6) is 0.867. The SMILES string of the molecule is CCC[C@@H](CCO[P@](=O)(N[C@@H](C)C(=O)OC(C)C)Oc1ccc2ccccc2c1)n1c(COCC)nc2c(N)nc3ccccc3c21. The van der Waals surface area contributed by atoms with Crippen molar-refractivity contribution in [3.05, 3.63) is 72.6 Å². The summed E-state index contributed by atoms with van der Waals surface area (Å²) in [5, 5.41) is 5.67. The molecule has 0 bridgehead atoms. The summed E-state index contributed by atoms with van der Waals surface area (Å²) in [6.07, 6.45) is 1.79. The van der Waals surface area contributed by atoms with Crippen LogP contribution in [0.25, 0.3) is 32.7 Å². The molecule has 0 saturated carbocycles. The summed E-state index contributed by atoms with van der Waals surface area (Å²) >= 11 is 0. The number of carbonyl (C=O) groups excluding carboxylic acids is 1. The Morgan fingerprint density at radius 3 is 2.47 bits per heavy atom. The molecule has 5 rings (SSSR count). The second-order valence-corrected chi connectivity index (χ2v) is 13.4. The number of esters is 1. The quantitative estimate of drug-likeness (QED) is 0.0798. The molecule has 0 spiro atoms. The molecule has 0 aliphatic rings. The molecule has 0 saturated heterocycles. The van der Waals surface area contributed by atoms with Gasteiger partial charge in [0.05, 0.1) is 23.7 Å². The molecule has 0 amide bonds. The maximum Gasteiger partial charge on any atom is 0.459 e. The van der Waals surface area contributed by atoms with Gasteiger partial charge in [-0.2, -0.15) is 5.09 Å². The highest BCUT2D eigenvalue weighted by atomic mass is 31.2. The van der Waals surface area contributed by atoms with Gasteiger partial charge in [0, 0.05) is 18.0 Å². The van der Waals surface area contributed by atoms with Crippen molar-refractivity contribution in [2.75, 3.05) is 18.9 Å². The Kier molecular flexibility index (Phi) is 11.1. The van der Waals surface area contributed by atoms with E-state index < -0.39 is 19.8 Å². The summed E-state index contributed by atoms with van der Waals surface area (Å²) in [6, 6.07) is 20.0. The lowest BCUT2D eigenvalue weighted by Gasteiger charge is -2.26. The standard InChI is InChI=1S/C35H44N5O6P/c1-6-12-27(40-31(22-43-7-2)38-32-33(40)29-15-10-11-16-30(29)37-34(32)36)19-20-44-47(42,39-24(5)35(41)45-23(3)4)46-28-18-17-25-13-8-9-14-26(25)21-28/h8-11,13-18,21,23-24,27H,6-7,12,19-20,22H2,1-5H3,(H2,36,37)(H,39,42)/t24-,27-,47+/m0/s1. The van der Waals surface area contributed by atoms with Gasteiger partial charge < -0.3 is 24.3 Å². The molecule has 0 radical (unpaired) electrons. The Bertz CT molecular complexity index is 1890. The van der Waals surface area contributed by atoms with E-state index in [4.69, 9.17) is 29.2 Å². The Balaban J connectivity index is 1.46. The normalized spacial score (nSPS) is 14.4. The molecular weight excluding hydrogens is 617 g/mol. The van der Waals surface area contributed by atoms with Gasteiger partial charge in [-0.15, -0.1) is 0 Å². The van der Waals surface area contributed by atoms with Crippen LogP contribution in [0.1, 0.15) is 65.7 Å². The van der Waals surface area contributed by atoms with E-state index in [0.717, 1.165) is 45.9 Å². The molecule has 3 N–H and O–H groups in total. The van der Waals surface area contributed by atoms with Crippen molar-refractivity contribution in [2.24, 2.45) is 0 Å². The average molecular weight is 662 g/mol. The summed E-state index contributed by atoms with van der Waals surface area (Å²) in [4.78, 5) is 22.2. The van der Waals surface area contributed by atoms with Gasteiger partial charge in [0.1, 0.15) is 29.7 Å². The molecule has 0 aliphatic carbocycles. The molecule has 0 fully saturated rings. The minimum absolute atomic E-state index is 0.0563. The smallest absolute Gasteiger partial charge is 0.459 e. The number of carbonyl (C=O) groups is 1. The molecule has 3 aromatic carbocycles. The second kappa shape index (κ2) is 15.3. The first-order chi connectivity index (χ1) is 22.6. The fourth-order valence-corrected chi connectivity index (χ4v) is 7.18. The minimum Gasteiger partial charge on any atom is -0.462 e. The summed E-state index contributed by atoms with van der Waals surface area (Å²) in [5.41, 5.74) is 8.68. The highest BCUT2D eigenvalue weighted by Gasteiger charge is 2.33. The van der Waals surface area contributed by atoms with E-state index in [1.54, 1.807) is 32.9 Å². The number of nitrogens with one attached hydrogen (secondary N) is 1. The number of benzene rings is 3. The zero-order valence-corrected chi connectivity index (χ0v) is 28.5. The monoisotopic (exact) mass is 661 g/mol. The maximum atomic E-state index is 14.4. The Hall–Kier alpha value is -4.02. The van der Waals surface area contributed by atoms with Crippen molar-refractivity contribution in [1.29, 1.82) is 0 Å². The van der Waals surface area contributed by atoms with E-state index >= 15 is 0 Å². The van der Waals surface area contributed by atoms with E-state index in [-0.39, 0.29) is 18.8 Å². The van der Waals surface area contributed by atoms with Gasteiger partial charge in [-0.25, -0.2) is 14.5 Å². The van der Waals surface area contributed by atoms with Crippen molar-refractivity contribution in [1.82, 2.24) is 19.6 Å². The fraction of sp³-hybridized carbons (Fsp3) is 0.400. The van der Waals surface area contributed by atoms with Gasteiger partial charge in [0.2, 0.25) is 0 Å². The van der Waals surface area contributed by atoms with Crippen LogP contribution in [0.4, 0.5) is 5.82 Å². The molecule has 5 aromatic rings. The molecule has 250 valence electrons. The third kappa shape index (κ3) is 8.11. The first kappa shape index (κ1) is 34.3. The zero-order valence-electron chi connectivity index (χ0n) is 27.6. The first-order valence-electron chi connectivity index (χ1n) is 16.2. The van der Waals surface area contributed by atoms with E-state index in [1.807, 2.05) is 61.5 Å². The predicted octanol–water partition coefficient (Wildman–Crippen LogP) is 7.72. The number of para-hydroxylation sites is 1. The average Bonchev–Trinajstić information content (AvgIpc) is 3.43. The lowest BCUT2D eigenvalue weighted by atomic mass is 10.1. The molecule has 0 unspecified atom stereocenters. The molecule has 2 aromatic heterocycles. The van der Waals surface area contributed by atoms with E-state index in [0.29, 0.717) is 36.7 Å².